The topological polar surface area (TPSA) is 51.9 Å². The second kappa shape index (κ2) is 5.51. The molecule has 0 amide bonds. The molecule has 4 heteroatoms. The van der Waals surface area contributed by atoms with Crippen LogP contribution >= 0.6 is 0 Å². The van der Waals surface area contributed by atoms with Crippen molar-refractivity contribution in [3.8, 4) is 23.1 Å². The fourth-order valence-corrected chi connectivity index (χ4v) is 1.97. The summed E-state index contributed by atoms with van der Waals surface area (Å²) < 4.78 is 5.25. The molecule has 1 N–H and O–H groups in total. The van der Waals surface area contributed by atoms with Gasteiger partial charge in [0, 0.05) is 11.1 Å². The molecule has 0 unspecified atom stereocenters. The van der Waals surface area contributed by atoms with E-state index in [1.54, 1.807) is 0 Å². The van der Waals surface area contributed by atoms with Gasteiger partial charge < -0.3 is 0 Å². The molecular weight excluding hydrogens is 264 g/mol. The second-order valence-corrected chi connectivity index (χ2v) is 4.66. The van der Waals surface area contributed by atoms with Crippen molar-refractivity contribution in [2.24, 2.45) is 0 Å². The standard InChI is InChI=1S/C17H13N2O2/c1-13-7-10-15(11-8-13)17-16(18-21-19(17)20)12-9-14-5-3-2-4-6-14/h2-8,10-11,18H,1H3/q+1. The van der Waals surface area contributed by atoms with Crippen LogP contribution in [0, 0.1) is 23.7 Å². The van der Waals surface area contributed by atoms with E-state index in [1.165, 1.54) is 0 Å². The van der Waals surface area contributed by atoms with Crippen LogP contribution in [0.4, 0.5) is 0 Å². The van der Waals surface area contributed by atoms with E-state index in [9.17, 15) is 4.91 Å². The van der Waals surface area contributed by atoms with Crippen LogP contribution in [0.25, 0.3) is 11.3 Å². The first-order valence-corrected chi connectivity index (χ1v) is 6.52. The van der Waals surface area contributed by atoms with Crippen LogP contribution in [0.1, 0.15) is 16.8 Å². The van der Waals surface area contributed by atoms with Gasteiger partial charge in [0.1, 0.15) is 0 Å². The van der Waals surface area contributed by atoms with Crippen molar-refractivity contribution in [3.63, 3.8) is 0 Å². The van der Waals surface area contributed by atoms with Crippen molar-refractivity contribution in [2.75, 3.05) is 0 Å². The van der Waals surface area contributed by atoms with Crippen LogP contribution in [0.2, 0.25) is 0 Å². The zero-order valence-corrected chi connectivity index (χ0v) is 11.5. The second-order valence-electron chi connectivity index (χ2n) is 4.66. The van der Waals surface area contributed by atoms with Crippen molar-refractivity contribution >= 4 is 0 Å². The first kappa shape index (κ1) is 12.9. The van der Waals surface area contributed by atoms with Gasteiger partial charge in [-0.1, -0.05) is 51.6 Å². The third-order valence-corrected chi connectivity index (χ3v) is 3.08. The van der Waals surface area contributed by atoms with Crippen LogP contribution in [0.15, 0.2) is 59.2 Å². The quantitative estimate of drug-likeness (QED) is 0.695. The molecule has 4 nitrogen and oxygen atoms in total. The molecule has 3 aromatic rings. The monoisotopic (exact) mass is 277 g/mol. The first-order chi connectivity index (χ1) is 10.2. The Balaban J connectivity index is 2.04. The van der Waals surface area contributed by atoms with Crippen molar-refractivity contribution in [1.29, 1.82) is 0 Å². The molecule has 0 saturated heterocycles. The van der Waals surface area contributed by atoms with Crippen LogP contribution < -0.4 is 4.60 Å². The summed E-state index contributed by atoms with van der Waals surface area (Å²) in [6.45, 7) is 1.99. The largest absolute Gasteiger partial charge is 0.288 e. The lowest BCUT2D eigenvalue weighted by molar-refractivity contribution is -0.704. The molecule has 0 spiro atoms. The average Bonchev–Trinajstić information content (AvgIpc) is 2.88. The molecule has 21 heavy (non-hydrogen) atoms. The summed E-state index contributed by atoms with van der Waals surface area (Å²) in [6.07, 6.45) is 0. The number of aryl methyl sites for hydroxylation is 1. The maximum Gasteiger partial charge on any atom is 0.288 e. The molecule has 1 aromatic heterocycles. The SMILES string of the molecule is Cc1ccc(-c2c(C#Cc3ccccc3)[nH]o[n+]2=O)cc1. The molecule has 0 radical (unpaired) electrons. The Morgan fingerprint density at radius 3 is 2.43 bits per heavy atom. The minimum Gasteiger partial charge on any atom is -0.0868 e. The maximum atomic E-state index is 11.8. The normalized spacial score (nSPS) is 9.95. The van der Waals surface area contributed by atoms with Gasteiger partial charge in [0.25, 0.3) is 11.4 Å². The van der Waals surface area contributed by atoms with E-state index in [2.05, 4.69) is 17.0 Å². The smallest absolute Gasteiger partial charge is 0.0868 e. The third kappa shape index (κ3) is 2.77. The Morgan fingerprint density at radius 2 is 1.71 bits per heavy atom. The van der Waals surface area contributed by atoms with E-state index in [4.69, 9.17) is 4.63 Å². The molecule has 2 aromatic carbocycles. The summed E-state index contributed by atoms with van der Waals surface area (Å²) in [6, 6.07) is 17.2. The molecule has 0 aliphatic heterocycles. The Hall–Kier alpha value is -3.06. The molecule has 0 atom stereocenters. The molecule has 0 aliphatic rings. The van der Waals surface area contributed by atoms with Gasteiger partial charge in [0.15, 0.2) is 4.60 Å². The highest BCUT2D eigenvalue weighted by Crippen LogP contribution is 2.18. The number of aromatic amines is 1. The Kier molecular flexibility index (Phi) is 3.40. The molecule has 3 rings (SSSR count). The highest BCUT2D eigenvalue weighted by molar-refractivity contribution is 5.62. The minimum absolute atomic E-state index is 0.387. The summed E-state index contributed by atoms with van der Waals surface area (Å²) in [5, 5.41) is 2.56. The molecule has 102 valence electrons. The zero-order chi connectivity index (χ0) is 14.7. The number of hydrogen-bond acceptors (Lipinski definition) is 2. The number of aromatic nitrogens is 2. The van der Waals surface area contributed by atoms with Crippen molar-refractivity contribution in [2.45, 2.75) is 6.92 Å². The van der Waals surface area contributed by atoms with Gasteiger partial charge in [-0.3, -0.25) is 0 Å². The Morgan fingerprint density at radius 1 is 1.00 bits per heavy atom. The van der Waals surface area contributed by atoms with Gasteiger partial charge in [-0.2, -0.15) is 0 Å². The zero-order valence-electron chi connectivity index (χ0n) is 11.5. The van der Waals surface area contributed by atoms with Gasteiger partial charge in [-0.15, -0.1) is 0 Å². The molecule has 0 aliphatic carbocycles. The number of nitrogens with zero attached hydrogens (tertiary/aromatic N) is 1. The van der Waals surface area contributed by atoms with Gasteiger partial charge >= 0.3 is 0 Å². The lowest BCUT2D eigenvalue weighted by Gasteiger charge is -1.93. The molecule has 0 fully saturated rings. The third-order valence-electron chi connectivity index (χ3n) is 3.08. The lowest BCUT2D eigenvalue weighted by atomic mass is 10.1. The predicted octanol–water partition coefficient (Wildman–Crippen LogP) is 2.90. The van der Waals surface area contributed by atoms with Crippen LogP contribution in [0.5, 0.6) is 0 Å². The van der Waals surface area contributed by atoms with Crippen molar-refractivity contribution < 1.29 is 9.23 Å². The first-order valence-electron chi connectivity index (χ1n) is 6.52. The molecule has 0 bridgehead atoms. The van der Waals surface area contributed by atoms with Crippen LogP contribution in [0.3, 0.4) is 0 Å². The van der Waals surface area contributed by atoms with Crippen LogP contribution in [-0.2, 0) is 0 Å². The van der Waals surface area contributed by atoms with E-state index in [-0.39, 0.29) is 0 Å². The molecule has 1 heterocycles. The average molecular weight is 277 g/mol. The van der Waals surface area contributed by atoms with E-state index in [0.717, 1.165) is 16.7 Å². The van der Waals surface area contributed by atoms with Crippen molar-refractivity contribution in [1.82, 2.24) is 5.16 Å². The predicted molar refractivity (Wildman–Crippen MR) is 79.0 cm³/mol. The molecular formula is C17H13N2O2+. The fraction of sp³-hybridized carbons (Fsp3) is 0.0588. The Labute approximate surface area is 121 Å². The van der Waals surface area contributed by atoms with E-state index < -0.39 is 0 Å². The van der Waals surface area contributed by atoms with Gasteiger partial charge in [-0.25, -0.2) is 0 Å². The number of hydrogen-bond donors (Lipinski definition) is 1. The van der Waals surface area contributed by atoms with E-state index >= 15 is 0 Å². The van der Waals surface area contributed by atoms with Crippen molar-refractivity contribution in [3.05, 3.63) is 76.3 Å². The van der Waals surface area contributed by atoms with E-state index in [1.807, 2.05) is 61.5 Å². The summed E-state index contributed by atoms with van der Waals surface area (Å²) in [5.41, 5.74) is 3.61. The van der Waals surface area contributed by atoms with Gasteiger partial charge in [0.05, 0.1) is 0 Å². The highest BCUT2D eigenvalue weighted by atomic mass is 16.7. The van der Waals surface area contributed by atoms with Gasteiger partial charge in [-0.05, 0) is 42.0 Å². The summed E-state index contributed by atoms with van der Waals surface area (Å²) >= 11 is 0. The fourth-order valence-electron chi connectivity index (χ4n) is 1.97. The summed E-state index contributed by atoms with van der Waals surface area (Å²) in [5.74, 6) is 5.95. The molecule has 0 saturated carbocycles. The summed E-state index contributed by atoms with van der Waals surface area (Å²) in [7, 11) is 0. The number of rotatable bonds is 1. The highest BCUT2D eigenvalue weighted by Gasteiger charge is 2.20. The Bertz CT molecular complexity index is 863. The minimum atomic E-state index is 0.387. The van der Waals surface area contributed by atoms with E-state index in [0.29, 0.717) is 16.0 Å². The van der Waals surface area contributed by atoms with Crippen LogP contribution in [-0.4, -0.2) is 5.16 Å². The lowest BCUT2D eigenvalue weighted by Crippen LogP contribution is -2.12. The number of H-pyrrole nitrogens is 1. The van der Waals surface area contributed by atoms with Gasteiger partial charge in [0.2, 0.25) is 0 Å². The number of nitrogens with one attached hydrogen (secondary N) is 1. The maximum absolute atomic E-state index is 11.8. The number of benzene rings is 2. The summed E-state index contributed by atoms with van der Waals surface area (Å²) in [4.78, 5) is 11.8.